The zero-order valence-corrected chi connectivity index (χ0v) is 10.1. The fourth-order valence-electron chi connectivity index (χ4n) is 1.29. The molecule has 0 heterocycles. The smallest absolute Gasteiger partial charge is 0.260 e. The fourth-order valence-corrected chi connectivity index (χ4v) is 1.47. The van der Waals surface area contributed by atoms with Crippen LogP contribution in [0.25, 0.3) is 0 Å². The van der Waals surface area contributed by atoms with Gasteiger partial charge in [-0.1, -0.05) is 26.0 Å². The van der Waals surface area contributed by atoms with Crippen LogP contribution in [0.1, 0.15) is 30.9 Å². The first-order chi connectivity index (χ1) is 6.50. The Balaban J connectivity index is 3.09. The molecule has 0 saturated heterocycles. The van der Waals surface area contributed by atoms with Gasteiger partial charge in [-0.2, -0.15) is 0 Å². The van der Waals surface area contributed by atoms with Crippen LogP contribution in [0.2, 0.25) is 0 Å². The second kappa shape index (κ2) is 4.76. The number of aryl methyl sites for hydroxylation is 1. The lowest BCUT2D eigenvalue weighted by atomic mass is 10.0. The molecule has 0 aliphatic heterocycles. The van der Waals surface area contributed by atoms with E-state index in [1.807, 2.05) is 19.1 Å². The summed E-state index contributed by atoms with van der Waals surface area (Å²) in [6.07, 6.45) is 0. The average molecular weight is 229 g/mol. The topological polar surface area (TPSA) is 9.23 Å². The highest BCUT2D eigenvalue weighted by molar-refractivity contribution is 7.82. The van der Waals surface area contributed by atoms with Crippen molar-refractivity contribution < 1.29 is 4.74 Å². The van der Waals surface area contributed by atoms with E-state index >= 15 is 0 Å². The Morgan fingerprint density at radius 3 is 2.57 bits per heavy atom. The quantitative estimate of drug-likeness (QED) is 0.559. The van der Waals surface area contributed by atoms with Crippen LogP contribution in [0, 0.1) is 6.92 Å². The van der Waals surface area contributed by atoms with E-state index in [-0.39, 0.29) is 4.51 Å². The molecule has 0 spiro atoms. The molecule has 0 saturated carbocycles. The Morgan fingerprint density at radius 1 is 1.43 bits per heavy atom. The maximum Gasteiger partial charge on any atom is 0.260 e. The van der Waals surface area contributed by atoms with Crippen molar-refractivity contribution >= 4 is 28.3 Å². The molecule has 0 bridgehead atoms. The highest BCUT2D eigenvalue weighted by Crippen LogP contribution is 2.27. The number of thiocarbonyl (C=S) groups is 1. The van der Waals surface area contributed by atoms with Crippen molar-refractivity contribution in [1.29, 1.82) is 0 Å². The lowest BCUT2D eigenvalue weighted by molar-refractivity contribution is 0.562. The fraction of sp³-hybridized carbons (Fsp3) is 0.364. The molecular weight excluding hydrogens is 216 g/mol. The first-order valence-corrected chi connectivity index (χ1v) is 5.27. The van der Waals surface area contributed by atoms with E-state index in [2.05, 4.69) is 19.9 Å². The molecule has 1 nitrogen and oxygen atoms in total. The molecule has 0 unspecified atom stereocenters. The van der Waals surface area contributed by atoms with E-state index < -0.39 is 0 Å². The highest BCUT2D eigenvalue weighted by Gasteiger charge is 2.08. The van der Waals surface area contributed by atoms with Gasteiger partial charge in [-0.3, -0.25) is 0 Å². The third-order valence-corrected chi connectivity index (χ3v) is 2.14. The van der Waals surface area contributed by atoms with Gasteiger partial charge < -0.3 is 4.74 Å². The van der Waals surface area contributed by atoms with E-state index in [1.54, 1.807) is 0 Å². The summed E-state index contributed by atoms with van der Waals surface area (Å²) in [4.78, 5) is 0. The SMILES string of the molecule is Cc1ccc(C(C)C)c(OC(=S)Cl)c1. The minimum absolute atomic E-state index is 0.0394. The molecule has 3 heteroatoms. The third kappa shape index (κ3) is 2.96. The van der Waals surface area contributed by atoms with Crippen LogP contribution >= 0.6 is 23.8 Å². The van der Waals surface area contributed by atoms with Gasteiger partial charge in [0.1, 0.15) is 5.75 Å². The number of rotatable bonds is 2. The van der Waals surface area contributed by atoms with Gasteiger partial charge in [0.25, 0.3) is 4.51 Å². The molecule has 0 aromatic heterocycles. The van der Waals surface area contributed by atoms with Gasteiger partial charge in [0.15, 0.2) is 0 Å². The van der Waals surface area contributed by atoms with Gasteiger partial charge in [-0.25, -0.2) is 0 Å². The molecule has 1 aromatic carbocycles. The monoisotopic (exact) mass is 228 g/mol. The summed E-state index contributed by atoms with van der Waals surface area (Å²) >= 11 is 10.3. The van der Waals surface area contributed by atoms with Gasteiger partial charge in [-0.15, -0.1) is 0 Å². The zero-order valence-electron chi connectivity index (χ0n) is 8.50. The first-order valence-electron chi connectivity index (χ1n) is 4.48. The summed E-state index contributed by atoms with van der Waals surface area (Å²) in [5.41, 5.74) is 2.26. The van der Waals surface area contributed by atoms with E-state index in [0.29, 0.717) is 5.92 Å². The van der Waals surface area contributed by atoms with E-state index in [1.165, 1.54) is 0 Å². The van der Waals surface area contributed by atoms with E-state index in [9.17, 15) is 0 Å². The summed E-state index contributed by atoms with van der Waals surface area (Å²) in [5.74, 6) is 1.16. The molecule has 0 amide bonds. The van der Waals surface area contributed by atoms with Crippen molar-refractivity contribution in [2.24, 2.45) is 0 Å². The van der Waals surface area contributed by atoms with Crippen molar-refractivity contribution in [3.05, 3.63) is 29.3 Å². The van der Waals surface area contributed by atoms with Crippen molar-refractivity contribution in [3.63, 3.8) is 0 Å². The van der Waals surface area contributed by atoms with Crippen LogP contribution in [0.15, 0.2) is 18.2 Å². The molecule has 1 aromatic rings. The van der Waals surface area contributed by atoms with Crippen molar-refractivity contribution in [3.8, 4) is 5.75 Å². The molecule has 0 fully saturated rings. The number of ether oxygens (including phenoxy) is 1. The minimum Gasteiger partial charge on any atom is -0.435 e. The van der Waals surface area contributed by atoms with Gasteiger partial charge in [0.2, 0.25) is 0 Å². The van der Waals surface area contributed by atoms with Crippen LogP contribution in [-0.4, -0.2) is 4.51 Å². The van der Waals surface area contributed by atoms with Crippen LogP contribution in [0.5, 0.6) is 5.75 Å². The Labute approximate surface area is 95.0 Å². The summed E-state index contributed by atoms with van der Waals surface area (Å²) in [6.45, 7) is 6.22. The first kappa shape index (κ1) is 11.5. The second-order valence-corrected chi connectivity index (χ2v) is 4.47. The maximum atomic E-state index is 5.55. The molecule has 76 valence electrons. The summed E-state index contributed by atoms with van der Waals surface area (Å²) in [7, 11) is 0. The van der Waals surface area contributed by atoms with Crippen LogP contribution in [-0.2, 0) is 0 Å². The zero-order chi connectivity index (χ0) is 10.7. The third-order valence-electron chi connectivity index (χ3n) is 1.98. The average Bonchev–Trinajstić information content (AvgIpc) is 2.01. The Bertz CT molecular complexity index is 347. The molecule has 0 atom stereocenters. The van der Waals surface area contributed by atoms with Gasteiger partial charge in [0, 0.05) is 0 Å². The normalized spacial score (nSPS) is 10.4. The van der Waals surface area contributed by atoms with Crippen LogP contribution in [0.3, 0.4) is 0 Å². The molecule has 0 aliphatic carbocycles. The Kier molecular flexibility index (Phi) is 3.90. The number of hydrogen-bond acceptors (Lipinski definition) is 2. The van der Waals surface area contributed by atoms with Crippen LogP contribution in [0.4, 0.5) is 0 Å². The minimum atomic E-state index is 0.0394. The number of halogens is 1. The second-order valence-electron chi connectivity index (χ2n) is 3.54. The summed E-state index contributed by atoms with van der Waals surface area (Å²) < 4.78 is 5.32. The number of benzene rings is 1. The van der Waals surface area contributed by atoms with Crippen molar-refractivity contribution in [2.45, 2.75) is 26.7 Å². The lowest BCUT2D eigenvalue weighted by Crippen LogP contribution is -2.01. The summed E-state index contributed by atoms with van der Waals surface area (Å²) in [6, 6.07) is 6.05. The van der Waals surface area contributed by atoms with Crippen molar-refractivity contribution in [2.75, 3.05) is 0 Å². The standard InChI is InChI=1S/C11H13ClOS/c1-7(2)9-5-4-8(3)6-10(9)13-11(12)14/h4-7H,1-3H3. The van der Waals surface area contributed by atoms with Crippen molar-refractivity contribution in [1.82, 2.24) is 0 Å². The van der Waals surface area contributed by atoms with Crippen LogP contribution < -0.4 is 4.74 Å². The molecular formula is C11H13ClOS. The predicted octanol–water partition coefficient (Wildman–Crippen LogP) is 4.02. The molecule has 0 N–H and O–H groups in total. The number of hydrogen-bond donors (Lipinski definition) is 0. The van der Waals surface area contributed by atoms with E-state index in [4.69, 9.17) is 28.6 Å². The predicted molar refractivity (Wildman–Crippen MR) is 64.3 cm³/mol. The van der Waals surface area contributed by atoms with Gasteiger partial charge in [-0.05, 0) is 53.9 Å². The molecule has 0 aliphatic rings. The molecule has 1 rings (SSSR count). The maximum absolute atomic E-state index is 5.55. The molecule has 14 heavy (non-hydrogen) atoms. The lowest BCUT2D eigenvalue weighted by Gasteiger charge is -2.12. The van der Waals surface area contributed by atoms with E-state index in [0.717, 1.165) is 16.9 Å². The molecule has 0 radical (unpaired) electrons. The largest absolute Gasteiger partial charge is 0.435 e. The highest BCUT2D eigenvalue weighted by atomic mass is 35.5. The van der Waals surface area contributed by atoms with Gasteiger partial charge >= 0.3 is 0 Å². The summed E-state index contributed by atoms with van der Waals surface area (Å²) in [5, 5.41) is 0. The Morgan fingerprint density at radius 2 is 2.07 bits per heavy atom. The Hall–Kier alpha value is -0.600. The van der Waals surface area contributed by atoms with Gasteiger partial charge in [0.05, 0.1) is 0 Å².